The van der Waals surface area contributed by atoms with Gasteiger partial charge in [0.25, 0.3) is 0 Å². The first kappa shape index (κ1) is 19.5. The van der Waals surface area contributed by atoms with E-state index >= 15 is 0 Å². The van der Waals surface area contributed by atoms with Crippen molar-refractivity contribution in [1.82, 2.24) is 0 Å². The zero-order chi connectivity index (χ0) is 18.8. The van der Waals surface area contributed by atoms with E-state index in [0.29, 0.717) is 10.7 Å². The van der Waals surface area contributed by atoms with Gasteiger partial charge >= 0.3 is 0 Å². The number of anilines is 2. The number of rotatable bonds is 5. The molecule has 0 saturated heterocycles. The van der Waals surface area contributed by atoms with Crippen LogP contribution in [0.2, 0.25) is 10.0 Å². The Morgan fingerprint density at radius 2 is 1.76 bits per heavy atom. The topological polar surface area (TPSA) is 66.5 Å². The number of halogens is 3. The lowest BCUT2D eigenvalue weighted by Gasteiger charge is -2.28. The zero-order valence-corrected chi connectivity index (χ0v) is 15.7. The van der Waals surface area contributed by atoms with Gasteiger partial charge in [-0.2, -0.15) is 0 Å². The van der Waals surface area contributed by atoms with E-state index in [9.17, 15) is 17.6 Å². The fraction of sp³-hybridized carbons (Fsp3) is 0.188. The van der Waals surface area contributed by atoms with Gasteiger partial charge in [-0.05, 0) is 49.4 Å². The first-order valence-electron chi connectivity index (χ1n) is 7.10. The van der Waals surface area contributed by atoms with Crippen molar-refractivity contribution < 1.29 is 17.6 Å². The van der Waals surface area contributed by atoms with Gasteiger partial charge in [-0.3, -0.25) is 9.10 Å². The summed E-state index contributed by atoms with van der Waals surface area (Å²) >= 11 is 11.5. The van der Waals surface area contributed by atoms with Gasteiger partial charge in [0.15, 0.2) is 0 Å². The van der Waals surface area contributed by atoms with Crippen LogP contribution in [0.1, 0.15) is 6.92 Å². The maximum absolute atomic E-state index is 13.2. The van der Waals surface area contributed by atoms with Crippen molar-refractivity contribution in [2.75, 3.05) is 15.9 Å². The molecule has 134 valence electrons. The second kappa shape index (κ2) is 7.59. The number of nitrogens with one attached hydrogen (secondary N) is 1. The van der Waals surface area contributed by atoms with Crippen molar-refractivity contribution in [1.29, 1.82) is 0 Å². The van der Waals surface area contributed by atoms with Gasteiger partial charge in [-0.15, -0.1) is 0 Å². The fourth-order valence-electron chi connectivity index (χ4n) is 2.22. The summed E-state index contributed by atoms with van der Waals surface area (Å²) in [6.07, 6.45) is 1.00. The average Bonchev–Trinajstić information content (AvgIpc) is 2.51. The Hall–Kier alpha value is -1.83. The maximum atomic E-state index is 13.2. The van der Waals surface area contributed by atoms with Crippen LogP contribution in [0.25, 0.3) is 0 Å². The molecule has 5 nitrogen and oxygen atoms in total. The van der Waals surface area contributed by atoms with Gasteiger partial charge in [0, 0.05) is 10.7 Å². The van der Waals surface area contributed by atoms with Gasteiger partial charge in [0.1, 0.15) is 11.9 Å². The highest BCUT2D eigenvalue weighted by molar-refractivity contribution is 7.92. The van der Waals surface area contributed by atoms with E-state index in [-0.39, 0.29) is 10.7 Å². The van der Waals surface area contributed by atoms with Crippen molar-refractivity contribution >= 4 is 50.5 Å². The molecule has 0 spiro atoms. The van der Waals surface area contributed by atoms with E-state index < -0.39 is 27.8 Å². The molecular formula is C16H15Cl2FN2O3S. The molecule has 2 rings (SSSR count). The summed E-state index contributed by atoms with van der Waals surface area (Å²) in [4.78, 5) is 12.5. The van der Waals surface area contributed by atoms with Crippen molar-refractivity contribution in [3.8, 4) is 0 Å². The number of carbonyl (C=O) groups is 1. The van der Waals surface area contributed by atoms with Gasteiger partial charge in [-0.1, -0.05) is 23.2 Å². The average molecular weight is 405 g/mol. The van der Waals surface area contributed by atoms with Crippen molar-refractivity contribution in [3.63, 3.8) is 0 Å². The van der Waals surface area contributed by atoms with Gasteiger partial charge in [-0.25, -0.2) is 12.8 Å². The Balaban J connectivity index is 2.29. The minimum Gasteiger partial charge on any atom is -0.324 e. The molecule has 0 heterocycles. The third-order valence-electron chi connectivity index (χ3n) is 3.36. The number of carbonyl (C=O) groups excluding carboxylic acids is 1. The minimum absolute atomic E-state index is 0.150. The van der Waals surface area contributed by atoms with Crippen LogP contribution < -0.4 is 9.62 Å². The summed E-state index contributed by atoms with van der Waals surface area (Å²) in [7, 11) is -3.74. The van der Waals surface area contributed by atoms with Crippen LogP contribution in [0, 0.1) is 5.82 Å². The highest BCUT2D eigenvalue weighted by Gasteiger charge is 2.29. The largest absolute Gasteiger partial charge is 0.324 e. The first-order chi connectivity index (χ1) is 11.6. The minimum atomic E-state index is -3.74. The molecule has 0 unspecified atom stereocenters. The molecule has 0 aromatic heterocycles. The van der Waals surface area contributed by atoms with Crippen LogP contribution in [0.15, 0.2) is 42.5 Å². The van der Waals surface area contributed by atoms with Gasteiger partial charge in [0.2, 0.25) is 15.9 Å². The molecule has 25 heavy (non-hydrogen) atoms. The molecular weight excluding hydrogens is 390 g/mol. The molecule has 1 amide bonds. The Morgan fingerprint density at radius 1 is 1.16 bits per heavy atom. The number of hydrogen-bond acceptors (Lipinski definition) is 3. The Morgan fingerprint density at radius 3 is 2.28 bits per heavy atom. The predicted octanol–water partition coefficient (Wildman–Crippen LogP) is 3.93. The van der Waals surface area contributed by atoms with Crippen LogP contribution in [0.4, 0.5) is 15.8 Å². The number of benzene rings is 2. The van der Waals surface area contributed by atoms with Crippen LogP contribution >= 0.6 is 23.2 Å². The summed E-state index contributed by atoms with van der Waals surface area (Å²) in [6, 6.07) is 8.69. The number of hydrogen-bond donors (Lipinski definition) is 1. The summed E-state index contributed by atoms with van der Waals surface area (Å²) < 4.78 is 38.5. The van der Waals surface area contributed by atoms with Crippen molar-refractivity contribution in [3.05, 3.63) is 58.3 Å². The quantitative estimate of drug-likeness (QED) is 0.820. The van der Waals surface area contributed by atoms with Crippen LogP contribution in [0.3, 0.4) is 0 Å². The second-order valence-corrected chi connectivity index (χ2v) is 8.03. The Bertz CT molecular complexity index is 889. The maximum Gasteiger partial charge on any atom is 0.247 e. The Labute approximate surface area is 155 Å². The third kappa shape index (κ3) is 4.84. The monoisotopic (exact) mass is 404 g/mol. The van der Waals surface area contributed by atoms with E-state index in [1.54, 1.807) is 0 Å². The molecule has 9 heteroatoms. The van der Waals surface area contributed by atoms with Crippen LogP contribution in [0.5, 0.6) is 0 Å². The van der Waals surface area contributed by atoms with E-state index in [2.05, 4.69) is 5.32 Å². The normalized spacial score (nSPS) is 12.5. The lowest BCUT2D eigenvalue weighted by atomic mass is 10.2. The molecule has 2 aromatic carbocycles. The molecule has 0 bridgehead atoms. The third-order valence-corrected chi connectivity index (χ3v) is 5.14. The highest BCUT2D eigenvalue weighted by Crippen LogP contribution is 2.24. The van der Waals surface area contributed by atoms with Crippen molar-refractivity contribution in [2.24, 2.45) is 0 Å². The van der Waals surface area contributed by atoms with E-state index in [0.717, 1.165) is 16.6 Å². The standard InChI is InChI=1S/C16H15Cl2FN2O3S/c1-10(16(22)20-12-5-8-15(19)14(18)9-12)21(25(2,23)24)13-6-3-11(17)4-7-13/h3-10H,1-2H3,(H,20,22)/t10-/m0/s1. The lowest BCUT2D eigenvalue weighted by molar-refractivity contribution is -0.116. The first-order valence-corrected chi connectivity index (χ1v) is 9.71. The van der Waals surface area contributed by atoms with Crippen LogP contribution in [-0.2, 0) is 14.8 Å². The lowest BCUT2D eigenvalue weighted by Crippen LogP contribution is -2.45. The number of nitrogens with zero attached hydrogens (tertiary/aromatic N) is 1. The zero-order valence-electron chi connectivity index (χ0n) is 13.3. The molecule has 1 N–H and O–H groups in total. The molecule has 0 aliphatic heterocycles. The fourth-order valence-corrected chi connectivity index (χ4v) is 3.70. The Kier molecular flexibility index (Phi) is 5.92. The number of sulfonamides is 1. The summed E-state index contributed by atoms with van der Waals surface area (Å²) in [5.41, 5.74) is 0.555. The second-order valence-electron chi connectivity index (χ2n) is 5.33. The highest BCUT2D eigenvalue weighted by atomic mass is 35.5. The van der Waals surface area contributed by atoms with E-state index in [1.807, 2.05) is 0 Å². The molecule has 0 aliphatic rings. The summed E-state index contributed by atoms with van der Waals surface area (Å²) in [6.45, 7) is 1.44. The molecule has 0 saturated carbocycles. The van der Waals surface area contributed by atoms with E-state index in [4.69, 9.17) is 23.2 Å². The van der Waals surface area contributed by atoms with Gasteiger partial charge < -0.3 is 5.32 Å². The SMILES string of the molecule is C[C@@H](C(=O)Nc1ccc(F)c(Cl)c1)N(c1ccc(Cl)cc1)S(C)(=O)=O. The van der Waals surface area contributed by atoms with Crippen molar-refractivity contribution in [2.45, 2.75) is 13.0 Å². The predicted molar refractivity (Wildman–Crippen MR) is 98.3 cm³/mol. The molecule has 0 radical (unpaired) electrons. The number of amides is 1. The molecule has 1 atom stereocenters. The van der Waals surface area contributed by atoms with E-state index in [1.165, 1.54) is 43.3 Å². The summed E-state index contributed by atoms with van der Waals surface area (Å²) in [5.74, 6) is -1.21. The molecule has 2 aromatic rings. The van der Waals surface area contributed by atoms with Gasteiger partial charge in [0.05, 0.1) is 17.0 Å². The molecule has 0 fully saturated rings. The summed E-state index contributed by atoms with van der Waals surface area (Å²) in [5, 5.41) is 2.81. The van der Waals surface area contributed by atoms with Crippen LogP contribution in [-0.4, -0.2) is 26.6 Å². The smallest absolute Gasteiger partial charge is 0.247 e. The molecule has 0 aliphatic carbocycles.